The number of alkyl halides is 1. The molecule has 0 radical (unpaired) electrons. The van der Waals surface area contributed by atoms with Crippen molar-refractivity contribution in [1.29, 1.82) is 0 Å². The van der Waals surface area contributed by atoms with Crippen LogP contribution in [0.15, 0.2) is 30.5 Å². The van der Waals surface area contributed by atoms with Gasteiger partial charge in [-0.3, -0.25) is 4.90 Å². The highest BCUT2D eigenvalue weighted by molar-refractivity contribution is 6.18. The number of rotatable bonds is 4. The number of hydrogen-bond donors (Lipinski definition) is 0. The number of nitrogens with zero attached hydrogens (tertiary/aromatic N) is 3. The Hall–Kier alpha value is -1.52. The molecule has 1 saturated heterocycles. The minimum absolute atomic E-state index is 0.701. The Morgan fingerprint density at radius 3 is 2.71 bits per heavy atom. The first kappa shape index (κ1) is 14.4. The molecule has 0 bridgehead atoms. The van der Waals surface area contributed by atoms with Crippen LogP contribution in [-0.4, -0.2) is 55.6 Å². The quantitative estimate of drug-likeness (QED) is 0.812. The third-order valence-corrected chi connectivity index (χ3v) is 4.19. The number of benzene rings is 1. The predicted molar refractivity (Wildman–Crippen MR) is 87.7 cm³/mol. The van der Waals surface area contributed by atoms with E-state index in [1.807, 2.05) is 18.3 Å². The molecular formula is C16H20ClN3O. The zero-order valence-corrected chi connectivity index (χ0v) is 13.0. The highest BCUT2D eigenvalue weighted by Gasteiger charge is 2.19. The second kappa shape index (κ2) is 6.50. The van der Waals surface area contributed by atoms with Gasteiger partial charge in [-0.25, -0.2) is 4.98 Å². The minimum atomic E-state index is 0.701. The van der Waals surface area contributed by atoms with Gasteiger partial charge in [-0.05, 0) is 29.7 Å². The molecule has 0 unspecified atom stereocenters. The van der Waals surface area contributed by atoms with E-state index < -0.39 is 0 Å². The van der Waals surface area contributed by atoms with Gasteiger partial charge in [0.15, 0.2) is 0 Å². The van der Waals surface area contributed by atoms with E-state index in [1.54, 1.807) is 7.11 Å². The lowest BCUT2D eigenvalue weighted by Gasteiger charge is -2.35. The highest BCUT2D eigenvalue weighted by Crippen LogP contribution is 2.28. The molecule has 0 N–H and O–H groups in total. The van der Waals surface area contributed by atoms with Crippen LogP contribution in [0.25, 0.3) is 10.8 Å². The standard InChI is InChI=1S/C16H20ClN3O/c1-21-14-2-3-15-13(12-14)4-6-18-16(15)20-10-8-19(7-5-17)9-11-20/h2-4,6,12H,5,7-11H2,1H3. The predicted octanol–water partition coefficient (Wildman–Crippen LogP) is 2.60. The number of fused-ring (bicyclic) bond motifs is 1. The molecule has 1 aliphatic rings. The number of anilines is 1. The first-order valence-electron chi connectivity index (χ1n) is 7.28. The minimum Gasteiger partial charge on any atom is -0.497 e. The molecular weight excluding hydrogens is 286 g/mol. The van der Waals surface area contributed by atoms with E-state index in [0.29, 0.717) is 5.88 Å². The summed E-state index contributed by atoms with van der Waals surface area (Å²) in [7, 11) is 1.69. The summed E-state index contributed by atoms with van der Waals surface area (Å²) in [6.07, 6.45) is 1.88. The summed E-state index contributed by atoms with van der Waals surface area (Å²) in [4.78, 5) is 9.36. The number of piperazine rings is 1. The zero-order chi connectivity index (χ0) is 14.7. The molecule has 4 nitrogen and oxygen atoms in total. The molecule has 1 aliphatic heterocycles. The lowest BCUT2D eigenvalue weighted by atomic mass is 10.1. The van der Waals surface area contributed by atoms with E-state index in [4.69, 9.17) is 16.3 Å². The lowest BCUT2D eigenvalue weighted by molar-refractivity contribution is 0.272. The molecule has 1 aromatic heterocycles. The fraction of sp³-hybridized carbons (Fsp3) is 0.438. The van der Waals surface area contributed by atoms with Crippen molar-refractivity contribution in [2.75, 3.05) is 50.6 Å². The highest BCUT2D eigenvalue weighted by atomic mass is 35.5. The number of hydrogen-bond acceptors (Lipinski definition) is 4. The van der Waals surface area contributed by atoms with Crippen LogP contribution in [0.2, 0.25) is 0 Å². The van der Waals surface area contributed by atoms with E-state index >= 15 is 0 Å². The molecule has 0 amide bonds. The molecule has 2 aromatic rings. The van der Waals surface area contributed by atoms with Crippen LogP contribution < -0.4 is 9.64 Å². The van der Waals surface area contributed by atoms with Gasteiger partial charge in [0.1, 0.15) is 11.6 Å². The van der Waals surface area contributed by atoms with E-state index in [9.17, 15) is 0 Å². The molecule has 112 valence electrons. The zero-order valence-electron chi connectivity index (χ0n) is 12.3. The van der Waals surface area contributed by atoms with Gasteiger partial charge in [0.05, 0.1) is 7.11 Å². The molecule has 5 heteroatoms. The Labute approximate surface area is 130 Å². The fourth-order valence-electron chi connectivity index (χ4n) is 2.82. The lowest BCUT2D eigenvalue weighted by Crippen LogP contribution is -2.47. The Balaban J connectivity index is 1.84. The van der Waals surface area contributed by atoms with Crippen molar-refractivity contribution in [3.63, 3.8) is 0 Å². The summed E-state index contributed by atoms with van der Waals surface area (Å²) in [5.41, 5.74) is 0. The molecule has 1 aromatic carbocycles. The van der Waals surface area contributed by atoms with Crippen LogP contribution in [-0.2, 0) is 0 Å². The van der Waals surface area contributed by atoms with Gasteiger partial charge in [-0.15, -0.1) is 11.6 Å². The number of ether oxygens (including phenoxy) is 1. The molecule has 0 aliphatic carbocycles. The molecule has 1 fully saturated rings. The van der Waals surface area contributed by atoms with Gasteiger partial charge < -0.3 is 9.64 Å². The van der Waals surface area contributed by atoms with Crippen LogP contribution in [0.1, 0.15) is 0 Å². The Morgan fingerprint density at radius 1 is 1.19 bits per heavy atom. The monoisotopic (exact) mass is 305 g/mol. The van der Waals surface area contributed by atoms with Crippen LogP contribution >= 0.6 is 11.6 Å². The van der Waals surface area contributed by atoms with Crippen LogP contribution in [0, 0.1) is 0 Å². The summed E-state index contributed by atoms with van der Waals surface area (Å²) < 4.78 is 5.30. The second-order valence-corrected chi connectivity index (χ2v) is 5.62. The van der Waals surface area contributed by atoms with E-state index in [2.05, 4.69) is 26.9 Å². The molecule has 3 rings (SSSR count). The number of pyridine rings is 1. The van der Waals surface area contributed by atoms with Gasteiger partial charge in [0, 0.05) is 50.2 Å². The maximum atomic E-state index is 5.82. The number of halogens is 1. The summed E-state index contributed by atoms with van der Waals surface area (Å²) in [6, 6.07) is 8.19. The third kappa shape index (κ3) is 3.06. The van der Waals surface area contributed by atoms with Crippen molar-refractivity contribution in [1.82, 2.24) is 9.88 Å². The van der Waals surface area contributed by atoms with E-state index in [-0.39, 0.29) is 0 Å². The maximum Gasteiger partial charge on any atom is 0.136 e. The average molecular weight is 306 g/mol. The van der Waals surface area contributed by atoms with Crippen LogP contribution in [0.3, 0.4) is 0 Å². The fourth-order valence-corrected chi connectivity index (χ4v) is 3.06. The van der Waals surface area contributed by atoms with Crippen molar-refractivity contribution in [2.45, 2.75) is 0 Å². The molecule has 21 heavy (non-hydrogen) atoms. The second-order valence-electron chi connectivity index (χ2n) is 5.24. The smallest absolute Gasteiger partial charge is 0.136 e. The Morgan fingerprint density at radius 2 is 2.00 bits per heavy atom. The van der Waals surface area contributed by atoms with Crippen molar-refractivity contribution in [3.05, 3.63) is 30.5 Å². The van der Waals surface area contributed by atoms with Gasteiger partial charge in [-0.1, -0.05) is 0 Å². The van der Waals surface area contributed by atoms with Gasteiger partial charge in [0.2, 0.25) is 0 Å². The summed E-state index contributed by atoms with van der Waals surface area (Å²) in [5.74, 6) is 2.65. The number of aromatic nitrogens is 1. The topological polar surface area (TPSA) is 28.6 Å². The summed E-state index contributed by atoms with van der Waals surface area (Å²) in [5, 5.41) is 2.35. The third-order valence-electron chi connectivity index (χ3n) is 4.02. The maximum absolute atomic E-state index is 5.82. The summed E-state index contributed by atoms with van der Waals surface area (Å²) >= 11 is 5.82. The SMILES string of the molecule is COc1ccc2c(N3CCN(CCCl)CC3)nccc2c1. The van der Waals surface area contributed by atoms with E-state index in [1.165, 1.54) is 10.8 Å². The molecule has 0 saturated carbocycles. The Kier molecular flexibility index (Phi) is 4.46. The largest absolute Gasteiger partial charge is 0.497 e. The number of methoxy groups -OCH3 is 1. The first-order chi connectivity index (χ1) is 10.3. The van der Waals surface area contributed by atoms with Gasteiger partial charge in [-0.2, -0.15) is 0 Å². The molecule has 2 heterocycles. The van der Waals surface area contributed by atoms with Crippen LogP contribution in [0.5, 0.6) is 5.75 Å². The Bertz CT molecular complexity index is 611. The average Bonchev–Trinajstić information content (AvgIpc) is 2.55. The van der Waals surface area contributed by atoms with E-state index in [0.717, 1.165) is 44.3 Å². The van der Waals surface area contributed by atoms with Crippen LogP contribution in [0.4, 0.5) is 5.82 Å². The van der Waals surface area contributed by atoms with Gasteiger partial charge >= 0.3 is 0 Å². The first-order valence-corrected chi connectivity index (χ1v) is 7.81. The van der Waals surface area contributed by atoms with Crippen molar-refractivity contribution in [3.8, 4) is 5.75 Å². The van der Waals surface area contributed by atoms with Gasteiger partial charge in [0.25, 0.3) is 0 Å². The van der Waals surface area contributed by atoms with Crippen molar-refractivity contribution >= 4 is 28.2 Å². The normalized spacial score (nSPS) is 16.4. The summed E-state index contributed by atoms with van der Waals surface area (Å²) in [6.45, 7) is 5.04. The van der Waals surface area contributed by atoms with Crippen molar-refractivity contribution in [2.24, 2.45) is 0 Å². The van der Waals surface area contributed by atoms with Crippen molar-refractivity contribution < 1.29 is 4.74 Å². The molecule has 0 atom stereocenters. The molecule has 0 spiro atoms.